The summed E-state index contributed by atoms with van der Waals surface area (Å²) in [5, 5.41) is 27.4. The fourth-order valence-corrected chi connectivity index (χ4v) is 1.54. The van der Waals surface area contributed by atoms with E-state index in [4.69, 9.17) is 14.9 Å². The number of aliphatic hydroxyl groups is 2. The number of phenols is 1. The lowest BCUT2D eigenvalue weighted by Crippen LogP contribution is -2.35. The van der Waals surface area contributed by atoms with E-state index in [1.54, 1.807) is 0 Å². The van der Waals surface area contributed by atoms with Crippen molar-refractivity contribution >= 4 is 5.91 Å². The van der Waals surface area contributed by atoms with Crippen LogP contribution in [-0.4, -0.2) is 59.5 Å². The number of aliphatic hydroxyl groups excluding tert-OH is 2. The second kappa shape index (κ2) is 6.83. The molecule has 1 aromatic carbocycles. The molecular formula is C12H17NO5. The molecule has 3 N–H and O–H groups in total. The van der Waals surface area contributed by atoms with Gasteiger partial charge in [0.25, 0.3) is 5.91 Å². The van der Waals surface area contributed by atoms with Gasteiger partial charge >= 0.3 is 0 Å². The van der Waals surface area contributed by atoms with Gasteiger partial charge in [-0.2, -0.15) is 0 Å². The largest absolute Gasteiger partial charge is 0.507 e. The van der Waals surface area contributed by atoms with Crippen LogP contribution in [-0.2, 0) is 0 Å². The number of aromatic hydroxyl groups is 1. The van der Waals surface area contributed by atoms with Crippen molar-refractivity contribution in [3.05, 3.63) is 23.8 Å². The summed E-state index contributed by atoms with van der Waals surface area (Å²) in [4.78, 5) is 13.4. The van der Waals surface area contributed by atoms with Gasteiger partial charge in [0.1, 0.15) is 11.5 Å². The van der Waals surface area contributed by atoms with Crippen LogP contribution in [0, 0.1) is 0 Å². The van der Waals surface area contributed by atoms with Crippen molar-refractivity contribution in [1.29, 1.82) is 0 Å². The molecule has 6 heteroatoms. The van der Waals surface area contributed by atoms with Gasteiger partial charge in [0.05, 0.1) is 25.9 Å². The molecule has 0 aliphatic heterocycles. The van der Waals surface area contributed by atoms with Crippen LogP contribution >= 0.6 is 0 Å². The highest BCUT2D eigenvalue weighted by Crippen LogP contribution is 2.24. The first-order valence-electron chi connectivity index (χ1n) is 5.52. The van der Waals surface area contributed by atoms with Crippen LogP contribution in [0.4, 0.5) is 0 Å². The van der Waals surface area contributed by atoms with E-state index in [1.165, 1.54) is 30.2 Å². The number of carbonyl (C=O) groups excluding carboxylic acids is 1. The molecule has 0 aliphatic rings. The Labute approximate surface area is 105 Å². The average Bonchev–Trinajstić information content (AvgIpc) is 2.38. The number of hydrogen-bond acceptors (Lipinski definition) is 5. The van der Waals surface area contributed by atoms with Crippen molar-refractivity contribution < 1.29 is 24.9 Å². The van der Waals surface area contributed by atoms with Crippen molar-refractivity contribution in [1.82, 2.24) is 4.90 Å². The fraction of sp³-hybridized carbons (Fsp3) is 0.417. The zero-order valence-electron chi connectivity index (χ0n) is 10.2. The Hall–Kier alpha value is -1.79. The van der Waals surface area contributed by atoms with Gasteiger partial charge in [-0.1, -0.05) is 0 Å². The third kappa shape index (κ3) is 3.35. The molecule has 1 amide bonds. The molecule has 1 aromatic rings. The molecule has 0 aliphatic carbocycles. The summed E-state index contributed by atoms with van der Waals surface area (Å²) in [5.41, 5.74) is 0.0799. The zero-order chi connectivity index (χ0) is 13.5. The summed E-state index contributed by atoms with van der Waals surface area (Å²) in [6, 6.07) is 4.32. The molecule has 0 unspecified atom stereocenters. The SMILES string of the molecule is COc1ccc(O)c(C(=O)N(CCO)CCO)c1. The Morgan fingerprint density at radius 3 is 2.39 bits per heavy atom. The van der Waals surface area contributed by atoms with Crippen LogP contribution in [0.25, 0.3) is 0 Å². The number of rotatable bonds is 6. The second-order valence-electron chi connectivity index (χ2n) is 3.62. The van der Waals surface area contributed by atoms with Crippen molar-refractivity contribution in [2.75, 3.05) is 33.4 Å². The zero-order valence-corrected chi connectivity index (χ0v) is 10.2. The van der Waals surface area contributed by atoms with E-state index in [1.807, 2.05) is 0 Å². The number of methoxy groups -OCH3 is 1. The molecule has 6 nitrogen and oxygen atoms in total. The Morgan fingerprint density at radius 2 is 1.89 bits per heavy atom. The molecule has 0 bridgehead atoms. The second-order valence-corrected chi connectivity index (χ2v) is 3.62. The van der Waals surface area contributed by atoms with Crippen LogP contribution in [0.5, 0.6) is 11.5 Å². The Bertz CT molecular complexity index is 401. The highest BCUT2D eigenvalue weighted by Gasteiger charge is 2.18. The third-order valence-electron chi connectivity index (χ3n) is 2.46. The number of phenolic OH excluding ortho intramolecular Hbond substituents is 1. The first-order valence-corrected chi connectivity index (χ1v) is 5.52. The first-order chi connectivity index (χ1) is 8.63. The van der Waals surface area contributed by atoms with Crippen LogP contribution in [0.3, 0.4) is 0 Å². The van der Waals surface area contributed by atoms with E-state index < -0.39 is 5.91 Å². The maximum absolute atomic E-state index is 12.1. The van der Waals surface area contributed by atoms with E-state index >= 15 is 0 Å². The van der Waals surface area contributed by atoms with Crippen molar-refractivity contribution in [2.45, 2.75) is 0 Å². The summed E-state index contributed by atoms with van der Waals surface area (Å²) in [5.74, 6) is -0.180. The predicted octanol–water partition coefficient (Wildman–Crippen LogP) is -0.172. The number of benzene rings is 1. The van der Waals surface area contributed by atoms with Crippen LogP contribution < -0.4 is 4.74 Å². The topological polar surface area (TPSA) is 90.2 Å². The lowest BCUT2D eigenvalue weighted by Gasteiger charge is -2.21. The van der Waals surface area contributed by atoms with E-state index in [2.05, 4.69) is 0 Å². The summed E-state index contributed by atoms with van der Waals surface area (Å²) in [6.45, 7) is -0.237. The number of nitrogens with zero attached hydrogens (tertiary/aromatic N) is 1. The van der Waals surface area contributed by atoms with Crippen molar-refractivity contribution in [3.8, 4) is 11.5 Å². The van der Waals surface area contributed by atoms with Gasteiger partial charge in [0.2, 0.25) is 0 Å². The van der Waals surface area contributed by atoms with Gasteiger partial charge in [-0.15, -0.1) is 0 Å². The van der Waals surface area contributed by atoms with Gasteiger partial charge in [-0.05, 0) is 18.2 Å². The van der Waals surface area contributed by atoms with E-state index in [0.29, 0.717) is 5.75 Å². The quantitative estimate of drug-likeness (QED) is 0.656. The Balaban J connectivity index is 2.99. The number of amides is 1. The molecule has 0 saturated carbocycles. The van der Waals surface area contributed by atoms with Gasteiger partial charge in [-0.3, -0.25) is 4.79 Å². The highest BCUT2D eigenvalue weighted by atomic mass is 16.5. The van der Waals surface area contributed by atoms with E-state index in [0.717, 1.165) is 0 Å². The lowest BCUT2D eigenvalue weighted by atomic mass is 10.1. The van der Waals surface area contributed by atoms with Crippen LogP contribution in [0.2, 0.25) is 0 Å². The van der Waals surface area contributed by atoms with Crippen LogP contribution in [0.15, 0.2) is 18.2 Å². The molecule has 0 saturated heterocycles. The van der Waals surface area contributed by atoms with E-state index in [-0.39, 0.29) is 37.6 Å². The first kappa shape index (κ1) is 14.3. The number of hydrogen-bond donors (Lipinski definition) is 3. The fourth-order valence-electron chi connectivity index (χ4n) is 1.54. The minimum atomic E-state index is -0.463. The van der Waals surface area contributed by atoms with Gasteiger partial charge in [0.15, 0.2) is 0 Å². The number of ether oxygens (including phenoxy) is 1. The standard InChI is InChI=1S/C12H17NO5/c1-18-9-2-3-11(16)10(8-9)12(17)13(4-6-14)5-7-15/h2-3,8,14-16H,4-7H2,1H3. The third-order valence-corrected chi connectivity index (χ3v) is 2.46. The van der Waals surface area contributed by atoms with E-state index in [9.17, 15) is 9.90 Å². The summed E-state index contributed by atoms with van der Waals surface area (Å²) in [7, 11) is 1.46. The maximum atomic E-state index is 12.1. The molecule has 0 spiro atoms. The molecule has 100 valence electrons. The van der Waals surface area contributed by atoms with Gasteiger partial charge in [-0.25, -0.2) is 0 Å². The summed E-state index contributed by atoms with van der Waals surface area (Å²) < 4.78 is 4.98. The maximum Gasteiger partial charge on any atom is 0.257 e. The van der Waals surface area contributed by atoms with Gasteiger partial charge in [0, 0.05) is 13.1 Å². The molecule has 0 heterocycles. The summed E-state index contributed by atoms with van der Waals surface area (Å²) in [6.07, 6.45) is 0. The average molecular weight is 255 g/mol. The van der Waals surface area contributed by atoms with Crippen molar-refractivity contribution in [2.24, 2.45) is 0 Å². The summed E-state index contributed by atoms with van der Waals surface area (Å²) >= 11 is 0. The number of carbonyl (C=O) groups is 1. The predicted molar refractivity (Wildman–Crippen MR) is 64.7 cm³/mol. The highest BCUT2D eigenvalue weighted by molar-refractivity contribution is 5.97. The van der Waals surface area contributed by atoms with Gasteiger partial charge < -0.3 is 25.0 Å². The molecule has 0 atom stereocenters. The minimum Gasteiger partial charge on any atom is -0.507 e. The molecule has 1 rings (SSSR count). The molecule has 18 heavy (non-hydrogen) atoms. The molecular weight excluding hydrogens is 238 g/mol. The Morgan fingerprint density at radius 1 is 1.28 bits per heavy atom. The minimum absolute atomic E-state index is 0.0799. The lowest BCUT2D eigenvalue weighted by molar-refractivity contribution is 0.0681. The Kier molecular flexibility index (Phi) is 5.41. The molecule has 0 radical (unpaired) electrons. The molecule has 0 aromatic heterocycles. The molecule has 0 fully saturated rings. The smallest absolute Gasteiger partial charge is 0.257 e. The van der Waals surface area contributed by atoms with Crippen LogP contribution in [0.1, 0.15) is 10.4 Å². The normalized spacial score (nSPS) is 10.2. The van der Waals surface area contributed by atoms with Crippen molar-refractivity contribution in [3.63, 3.8) is 0 Å². The monoisotopic (exact) mass is 255 g/mol.